The van der Waals surface area contributed by atoms with E-state index in [4.69, 9.17) is 13.9 Å². The Hall–Kier alpha value is -1.15. The first-order valence-corrected chi connectivity index (χ1v) is 16.8. The summed E-state index contributed by atoms with van der Waals surface area (Å²) >= 11 is 3.81. The standard InChI is InChI=1S/C29H42BrNO4Si/c1-17(2)36(18(3)4,19(5)6)34-16-22-13-29-10-9-23(32)12-25(29)35-28-26(29)21(14-31-22)11-24(27(28)30)33-15-20-7-8-20/h9-11,17-20,22,25,31H,7-8,12-16H2,1-6H3/t22-,25+,29+/m0/s1. The maximum Gasteiger partial charge on any atom is 0.200 e. The maximum absolute atomic E-state index is 12.5. The minimum Gasteiger partial charge on any atom is -0.492 e. The van der Waals surface area contributed by atoms with E-state index in [1.54, 1.807) is 6.08 Å². The van der Waals surface area contributed by atoms with Crippen molar-refractivity contribution in [2.45, 2.75) is 108 Å². The van der Waals surface area contributed by atoms with Crippen molar-refractivity contribution >= 4 is 30.0 Å². The van der Waals surface area contributed by atoms with Crippen LogP contribution in [0.1, 0.15) is 78.4 Å². The van der Waals surface area contributed by atoms with E-state index in [0.29, 0.717) is 35.6 Å². The molecule has 0 bridgehead atoms. The first-order valence-electron chi connectivity index (χ1n) is 13.8. The number of ketones is 1. The van der Waals surface area contributed by atoms with Gasteiger partial charge in [-0.05, 0) is 75.4 Å². The molecule has 1 fully saturated rings. The molecule has 0 unspecified atom stereocenters. The average molecular weight is 577 g/mol. The van der Waals surface area contributed by atoms with Gasteiger partial charge in [-0.2, -0.15) is 0 Å². The predicted molar refractivity (Wildman–Crippen MR) is 149 cm³/mol. The Morgan fingerprint density at radius 1 is 1.14 bits per heavy atom. The Balaban J connectivity index is 1.48. The van der Waals surface area contributed by atoms with Crippen molar-refractivity contribution in [3.63, 3.8) is 0 Å². The number of allylic oxidation sites excluding steroid dienone is 1. The number of rotatable bonds is 9. The van der Waals surface area contributed by atoms with E-state index < -0.39 is 8.32 Å². The van der Waals surface area contributed by atoms with Gasteiger partial charge >= 0.3 is 0 Å². The summed E-state index contributed by atoms with van der Waals surface area (Å²) in [4.78, 5) is 12.5. The second-order valence-corrected chi connectivity index (χ2v) is 18.6. The number of carbonyl (C=O) groups excluding carboxylic acids is 1. The van der Waals surface area contributed by atoms with Gasteiger partial charge in [-0.3, -0.25) is 4.79 Å². The second-order valence-electron chi connectivity index (χ2n) is 12.4. The molecule has 7 heteroatoms. The minimum absolute atomic E-state index is 0.136. The van der Waals surface area contributed by atoms with Gasteiger partial charge in [0, 0.05) is 31.2 Å². The summed E-state index contributed by atoms with van der Waals surface area (Å²) in [7, 11) is -1.99. The Kier molecular flexibility index (Phi) is 7.25. The summed E-state index contributed by atoms with van der Waals surface area (Å²) in [6.45, 7) is 16.2. The Morgan fingerprint density at radius 2 is 1.83 bits per heavy atom. The molecule has 0 amide bonds. The van der Waals surface area contributed by atoms with E-state index in [0.717, 1.165) is 35.5 Å². The monoisotopic (exact) mass is 575 g/mol. The molecular weight excluding hydrogens is 534 g/mol. The lowest BCUT2D eigenvalue weighted by molar-refractivity contribution is -0.117. The van der Waals surface area contributed by atoms with E-state index in [-0.39, 0.29) is 23.3 Å². The predicted octanol–water partition coefficient (Wildman–Crippen LogP) is 6.82. The molecule has 2 heterocycles. The summed E-state index contributed by atoms with van der Waals surface area (Å²) in [5.74, 6) is 2.52. The van der Waals surface area contributed by atoms with Gasteiger partial charge in [0.05, 0.1) is 12.0 Å². The topological polar surface area (TPSA) is 56.8 Å². The molecule has 198 valence electrons. The molecule has 5 nitrogen and oxygen atoms in total. The van der Waals surface area contributed by atoms with Crippen molar-refractivity contribution in [3.05, 3.63) is 33.8 Å². The minimum atomic E-state index is -1.99. The lowest BCUT2D eigenvalue weighted by Crippen LogP contribution is -2.51. The SMILES string of the molecule is CC(C)[Si](OC[C@@H]1C[C@]23C=CC(=O)C[C@H]2Oc2c(Br)c(OCC4CC4)cc(c23)CN1)(C(C)C)C(C)C. The lowest BCUT2D eigenvalue weighted by atomic mass is 9.68. The average Bonchev–Trinajstić information content (AvgIpc) is 3.60. The number of benzene rings is 1. The van der Waals surface area contributed by atoms with E-state index in [1.807, 2.05) is 0 Å². The van der Waals surface area contributed by atoms with Crippen LogP contribution in [0.15, 0.2) is 22.7 Å². The van der Waals surface area contributed by atoms with Crippen molar-refractivity contribution in [1.82, 2.24) is 5.32 Å². The molecule has 1 spiro atoms. The number of carbonyl (C=O) groups is 1. The van der Waals surface area contributed by atoms with Crippen LogP contribution in [0.4, 0.5) is 0 Å². The van der Waals surface area contributed by atoms with Gasteiger partial charge in [0.15, 0.2) is 14.1 Å². The molecule has 0 aromatic heterocycles. The zero-order valence-corrected chi connectivity index (χ0v) is 25.2. The van der Waals surface area contributed by atoms with E-state index >= 15 is 0 Å². The van der Waals surface area contributed by atoms with E-state index in [9.17, 15) is 4.79 Å². The molecule has 0 saturated heterocycles. The van der Waals surface area contributed by atoms with Crippen LogP contribution in [0, 0.1) is 5.92 Å². The molecule has 0 radical (unpaired) electrons. The van der Waals surface area contributed by atoms with E-state index in [2.05, 4.69) is 74.9 Å². The normalized spacial score (nSPS) is 27.3. The first kappa shape index (κ1) is 26.5. The van der Waals surface area contributed by atoms with Gasteiger partial charge in [0.25, 0.3) is 0 Å². The van der Waals surface area contributed by atoms with Crippen LogP contribution in [-0.2, 0) is 21.2 Å². The smallest absolute Gasteiger partial charge is 0.200 e. The summed E-state index contributed by atoms with van der Waals surface area (Å²) in [5.41, 5.74) is 3.73. The van der Waals surface area contributed by atoms with Crippen LogP contribution in [0.5, 0.6) is 11.5 Å². The molecule has 1 aromatic rings. The van der Waals surface area contributed by atoms with E-state index in [1.165, 1.54) is 24.0 Å². The molecular formula is C29H42BrNO4Si. The number of nitrogens with one attached hydrogen (secondary N) is 1. The van der Waals surface area contributed by atoms with Gasteiger partial charge in [0.1, 0.15) is 22.1 Å². The number of hydrogen-bond acceptors (Lipinski definition) is 5. The molecule has 5 rings (SSSR count). The molecule has 2 aliphatic carbocycles. The highest BCUT2D eigenvalue weighted by Gasteiger charge is 2.54. The fourth-order valence-corrected chi connectivity index (χ4v) is 13.2. The molecule has 1 aromatic carbocycles. The maximum atomic E-state index is 12.5. The molecule has 1 saturated carbocycles. The number of halogens is 1. The zero-order valence-electron chi connectivity index (χ0n) is 22.7. The van der Waals surface area contributed by atoms with Crippen molar-refractivity contribution < 1.29 is 18.7 Å². The van der Waals surface area contributed by atoms with Gasteiger partial charge in [-0.1, -0.05) is 47.6 Å². The number of hydrogen-bond donors (Lipinski definition) is 1. The van der Waals surface area contributed by atoms with Crippen LogP contribution in [-0.4, -0.2) is 39.5 Å². The lowest BCUT2D eigenvalue weighted by Gasteiger charge is -2.43. The molecule has 1 N–H and O–H groups in total. The summed E-state index contributed by atoms with van der Waals surface area (Å²) in [6, 6.07) is 2.36. The summed E-state index contributed by atoms with van der Waals surface area (Å²) in [5, 5.41) is 3.83. The molecule has 4 aliphatic rings. The van der Waals surface area contributed by atoms with Crippen LogP contribution >= 0.6 is 15.9 Å². The Labute approximate surface area is 226 Å². The third-order valence-electron chi connectivity index (χ3n) is 9.10. The molecule has 36 heavy (non-hydrogen) atoms. The van der Waals surface area contributed by atoms with Gasteiger partial charge in [-0.25, -0.2) is 0 Å². The third-order valence-corrected chi connectivity index (χ3v) is 15.9. The van der Waals surface area contributed by atoms with Crippen LogP contribution in [0.3, 0.4) is 0 Å². The Bertz CT molecular complexity index is 1030. The quantitative estimate of drug-likeness (QED) is 0.327. The highest BCUT2D eigenvalue weighted by Crippen LogP contribution is 2.57. The van der Waals surface area contributed by atoms with Crippen LogP contribution in [0.25, 0.3) is 0 Å². The summed E-state index contributed by atoms with van der Waals surface area (Å²) in [6.07, 6.45) is 7.49. The third kappa shape index (κ3) is 4.42. The highest BCUT2D eigenvalue weighted by atomic mass is 79.9. The van der Waals surface area contributed by atoms with Crippen molar-refractivity contribution in [1.29, 1.82) is 0 Å². The molecule has 2 aliphatic heterocycles. The van der Waals surface area contributed by atoms with Crippen LogP contribution in [0.2, 0.25) is 16.6 Å². The molecule has 3 atom stereocenters. The Morgan fingerprint density at radius 3 is 2.47 bits per heavy atom. The zero-order chi connectivity index (χ0) is 25.8. The van der Waals surface area contributed by atoms with Gasteiger partial charge < -0.3 is 19.2 Å². The summed E-state index contributed by atoms with van der Waals surface area (Å²) < 4.78 is 20.8. The van der Waals surface area contributed by atoms with Crippen molar-refractivity contribution in [2.24, 2.45) is 5.92 Å². The van der Waals surface area contributed by atoms with Gasteiger partial charge in [0.2, 0.25) is 0 Å². The largest absolute Gasteiger partial charge is 0.492 e. The fraction of sp³-hybridized carbons (Fsp3) is 0.690. The fourth-order valence-electron chi connectivity index (χ4n) is 7.23. The van der Waals surface area contributed by atoms with Crippen molar-refractivity contribution in [2.75, 3.05) is 13.2 Å². The highest BCUT2D eigenvalue weighted by molar-refractivity contribution is 9.10. The van der Waals surface area contributed by atoms with Crippen molar-refractivity contribution in [3.8, 4) is 11.5 Å². The van der Waals surface area contributed by atoms with Gasteiger partial charge in [-0.15, -0.1) is 0 Å². The second kappa shape index (κ2) is 9.86. The first-order chi connectivity index (χ1) is 17.1. The number of ether oxygens (including phenoxy) is 2. The van der Waals surface area contributed by atoms with Crippen LogP contribution < -0.4 is 14.8 Å².